The van der Waals surface area contributed by atoms with Gasteiger partial charge in [0.15, 0.2) is 0 Å². The Labute approximate surface area is 153 Å². The molecular weight excluding hydrogens is 330 g/mol. The van der Waals surface area contributed by atoms with Crippen molar-refractivity contribution in [1.29, 1.82) is 0 Å². The standard InChI is InChI=1S/C20H25N3O3/c1-14(2)13-26-19-10-5-4-9-18(19)21-12-20(25)23-17-8-6-7-16(11-17)22-15(3)24/h4-11,14,21H,12-13H2,1-3H3,(H,22,24)(H,23,25). The Kier molecular flexibility index (Phi) is 7.02. The van der Waals surface area contributed by atoms with Gasteiger partial charge < -0.3 is 20.7 Å². The molecule has 2 rings (SSSR count). The van der Waals surface area contributed by atoms with Crippen LogP contribution in [0.25, 0.3) is 0 Å². The van der Waals surface area contributed by atoms with Crippen LogP contribution < -0.4 is 20.7 Å². The molecule has 0 saturated heterocycles. The molecule has 138 valence electrons. The lowest BCUT2D eigenvalue weighted by Gasteiger charge is -2.14. The first-order chi connectivity index (χ1) is 12.4. The van der Waals surface area contributed by atoms with Gasteiger partial charge in [-0.3, -0.25) is 9.59 Å². The molecule has 0 atom stereocenters. The lowest BCUT2D eigenvalue weighted by molar-refractivity contribution is -0.115. The van der Waals surface area contributed by atoms with Crippen molar-refractivity contribution in [2.24, 2.45) is 5.92 Å². The lowest BCUT2D eigenvalue weighted by atomic mass is 10.2. The zero-order valence-corrected chi connectivity index (χ0v) is 15.3. The molecule has 0 bridgehead atoms. The van der Waals surface area contributed by atoms with Crippen LogP contribution in [0.5, 0.6) is 5.75 Å². The van der Waals surface area contributed by atoms with E-state index in [1.807, 2.05) is 24.3 Å². The highest BCUT2D eigenvalue weighted by Gasteiger charge is 2.07. The molecule has 0 aliphatic carbocycles. The number of rotatable bonds is 8. The Morgan fingerprint density at radius 3 is 2.38 bits per heavy atom. The third kappa shape index (κ3) is 6.47. The predicted octanol–water partition coefficient (Wildman–Crippen LogP) is 3.73. The summed E-state index contributed by atoms with van der Waals surface area (Å²) in [7, 11) is 0. The molecule has 6 heteroatoms. The number of ether oxygens (including phenoxy) is 1. The number of amides is 2. The van der Waals surface area contributed by atoms with Crippen molar-refractivity contribution < 1.29 is 14.3 Å². The number of benzene rings is 2. The van der Waals surface area contributed by atoms with Crippen LogP contribution in [0.15, 0.2) is 48.5 Å². The zero-order valence-electron chi connectivity index (χ0n) is 15.3. The molecule has 6 nitrogen and oxygen atoms in total. The summed E-state index contributed by atoms with van der Waals surface area (Å²) in [5.41, 5.74) is 2.03. The molecule has 0 spiro atoms. The molecule has 2 aromatic rings. The minimum Gasteiger partial charge on any atom is -0.491 e. The van der Waals surface area contributed by atoms with E-state index in [9.17, 15) is 9.59 Å². The second-order valence-corrected chi connectivity index (χ2v) is 6.36. The van der Waals surface area contributed by atoms with E-state index in [0.29, 0.717) is 23.9 Å². The van der Waals surface area contributed by atoms with Crippen LogP contribution in [-0.2, 0) is 9.59 Å². The summed E-state index contributed by atoms with van der Waals surface area (Å²) < 4.78 is 5.77. The molecule has 0 radical (unpaired) electrons. The molecule has 2 aromatic carbocycles. The van der Waals surface area contributed by atoms with E-state index in [-0.39, 0.29) is 18.4 Å². The minimum absolute atomic E-state index is 0.104. The maximum Gasteiger partial charge on any atom is 0.243 e. The summed E-state index contributed by atoms with van der Waals surface area (Å²) >= 11 is 0. The van der Waals surface area contributed by atoms with Gasteiger partial charge in [-0.05, 0) is 36.2 Å². The molecule has 3 N–H and O–H groups in total. The topological polar surface area (TPSA) is 79.5 Å². The maximum atomic E-state index is 12.2. The van der Waals surface area contributed by atoms with E-state index in [4.69, 9.17) is 4.74 Å². The Balaban J connectivity index is 1.92. The van der Waals surface area contributed by atoms with Gasteiger partial charge in [-0.25, -0.2) is 0 Å². The first-order valence-electron chi connectivity index (χ1n) is 8.57. The third-order valence-corrected chi connectivity index (χ3v) is 3.37. The second-order valence-electron chi connectivity index (χ2n) is 6.36. The number of hydrogen-bond donors (Lipinski definition) is 3. The largest absolute Gasteiger partial charge is 0.491 e. The smallest absolute Gasteiger partial charge is 0.243 e. The van der Waals surface area contributed by atoms with E-state index in [1.165, 1.54) is 6.92 Å². The van der Waals surface area contributed by atoms with Gasteiger partial charge in [-0.15, -0.1) is 0 Å². The van der Waals surface area contributed by atoms with Gasteiger partial charge in [-0.1, -0.05) is 32.0 Å². The van der Waals surface area contributed by atoms with E-state index in [1.54, 1.807) is 24.3 Å². The van der Waals surface area contributed by atoms with Crippen molar-refractivity contribution in [3.63, 3.8) is 0 Å². The van der Waals surface area contributed by atoms with Gasteiger partial charge in [0.2, 0.25) is 11.8 Å². The molecule has 0 heterocycles. The van der Waals surface area contributed by atoms with E-state index >= 15 is 0 Å². The summed E-state index contributed by atoms with van der Waals surface area (Å²) in [6, 6.07) is 14.5. The van der Waals surface area contributed by atoms with Crippen molar-refractivity contribution in [3.05, 3.63) is 48.5 Å². The van der Waals surface area contributed by atoms with Crippen molar-refractivity contribution in [3.8, 4) is 5.75 Å². The molecule has 26 heavy (non-hydrogen) atoms. The third-order valence-electron chi connectivity index (χ3n) is 3.37. The molecule has 0 aromatic heterocycles. The average Bonchev–Trinajstić information content (AvgIpc) is 2.58. The maximum absolute atomic E-state index is 12.2. The molecule has 0 saturated carbocycles. The van der Waals surface area contributed by atoms with Crippen LogP contribution in [0, 0.1) is 5.92 Å². The van der Waals surface area contributed by atoms with Gasteiger partial charge >= 0.3 is 0 Å². The Morgan fingerprint density at radius 2 is 1.69 bits per heavy atom. The molecule has 0 aliphatic heterocycles. The van der Waals surface area contributed by atoms with Crippen molar-refractivity contribution >= 4 is 28.9 Å². The molecule has 0 aliphatic rings. The summed E-state index contributed by atoms with van der Waals surface area (Å²) in [4.78, 5) is 23.3. The lowest BCUT2D eigenvalue weighted by Crippen LogP contribution is -2.22. The van der Waals surface area contributed by atoms with Gasteiger partial charge in [-0.2, -0.15) is 0 Å². The predicted molar refractivity (Wildman–Crippen MR) is 105 cm³/mol. The van der Waals surface area contributed by atoms with Crippen molar-refractivity contribution in [1.82, 2.24) is 0 Å². The molecule has 2 amide bonds. The monoisotopic (exact) mass is 355 g/mol. The normalized spacial score (nSPS) is 10.3. The highest BCUT2D eigenvalue weighted by atomic mass is 16.5. The fraction of sp³-hybridized carbons (Fsp3) is 0.300. The van der Waals surface area contributed by atoms with Crippen LogP contribution in [0.3, 0.4) is 0 Å². The highest BCUT2D eigenvalue weighted by Crippen LogP contribution is 2.24. The van der Waals surface area contributed by atoms with Gasteiger partial charge in [0.1, 0.15) is 5.75 Å². The summed E-state index contributed by atoms with van der Waals surface area (Å²) in [5.74, 6) is 0.792. The van der Waals surface area contributed by atoms with Crippen molar-refractivity contribution in [2.45, 2.75) is 20.8 Å². The number of hydrogen-bond acceptors (Lipinski definition) is 4. The fourth-order valence-corrected chi connectivity index (χ4v) is 2.25. The summed E-state index contributed by atoms with van der Waals surface area (Å²) in [6.45, 7) is 6.32. The van der Waals surface area contributed by atoms with E-state index in [0.717, 1.165) is 11.4 Å². The number of anilines is 3. The zero-order chi connectivity index (χ0) is 18.9. The SMILES string of the molecule is CC(=O)Nc1cccc(NC(=O)CNc2ccccc2OCC(C)C)c1. The Morgan fingerprint density at radius 1 is 1.00 bits per heavy atom. The highest BCUT2D eigenvalue weighted by molar-refractivity contribution is 5.95. The first kappa shape index (κ1) is 19.3. The second kappa shape index (κ2) is 9.46. The number of carbonyl (C=O) groups is 2. The van der Waals surface area contributed by atoms with Gasteiger partial charge in [0.05, 0.1) is 18.8 Å². The fourth-order valence-electron chi connectivity index (χ4n) is 2.25. The van der Waals surface area contributed by atoms with Crippen LogP contribution in [0.2, 0.25) is 0 Å². The molecule has 0 unspecified atom stereocenters. The number of para-hydroxylation sites is 2. The van der Waals surface area contributed by atoms with E-state index < -0.39 is 0 Å². The van der Waals surface area contributed by atoms with Crippen molar-refractivity contribution in [2.75, 3.05) is 29.1 Å². The minimum atomic E-state index is -0.191. The van der Waals surface area contributed by atoms with Gasteiger partial charge in [0.25, 0.3) is 0 Å². The van der Waals surface area contributed by atoms with Crippen LogP contribution in [0.4, 0.5) is 17.1 Å². The van der Waals surface area contributed by atoms with Crippen LogP contribution in [-0.4, -0.2) is 25.0 Å². The van der Waals surface area contributed by atoms with Crippen LogP contribution >= 0.6 is 0 Å². The summed E-state index contributed by atoms with van der Waals surface area (Å²) in [5, 5.41) is 8.58. The Bertz CT molecular complexity index is 759. The van der Waals surface area contributed by atoms with Gasteiger partial charge in [0, 0.05) is 18.3 Å². The molecule has 0 fully saturated rings. The number of nitrogens with one attached hydrogen (secondary N) is 3. The average molecular weight is 355 g/mol. The summed E-state index contributed by atoms with van der Waals surface area (Å²) in [6.07, 6.45) is 0. The molecular formula is C20H25N3O3. The first-order valence-corrected chi connectivity index (χ1v) is 8.57. The van der Waals surface area contributed by atoms with E-state index in [2.05, 4.69) is 29.8 Å². The van der Waals surface area contributed by atoms with Crippen LogP contribution in [0.1, 0.15) is 20.8 Å². The Hall–Kier alpha value is -3.02. The number of carbonyl (C=O) groups excluding carboxylic acids is 2. The quantitative estimate of drug-likeness (QED) is 0.674.